The highest BCUT2D eigenvalue weighted by molar-refractivity contribution is 5.66. The molecule has 0 aliphatic carbocycles. The maximum atomic E-state index is 10.2. The Morgan fingerprint density at radius 2 is 2.22 bits per heavy atom. The Bertz CT molecular complexity index is 152. The lowest BCUT2D eigenvalue weighted by Gasteiger charge is -1.97. The maximum Gasteiger partial charge on any atom is 0.302 e. The van der Waals surface area contributed by atoms with Crippen molar-refractivity contribution in [2.45, 2.75) is 13.8 Å². The molecular weight excluding hydrogens is 116 g/mol. The van der Waals surface area contributed by atoms with E-state index in [2.05, 4.69) is 17.0 Å². The van der Waals surface area contributed by atoms with E-state index in [9.17, 15) is 4.79 Å². The average Bonchev–Trinajstić information content (AvgIpc) is 1.83. The van der Waals surface area contributed by atoms with Gasteiger partial charge in [0.1, 0.15) is 6.61 Å². The van der Waals surface area contributed by atoms with Crippen molar-refractivity contribution in [1.82, 2.24) is 0 Å². The molecule has 0 aromatic carbocycles. The summed E-state index contributed by atoms with van der Waals surface area (Å²) in [7, 11) is 0. The summed E-state index contributed by atoms with van der Waals surface area (Å²) in [4.78, 5) is 10.2. The molecule has 0 atom stereocenters. The summed E-state index contributed by atoms with van der Waals surface area (Å²) in [5.74, 6) is -0.274. The number of hydrogen-bond donors (Lipinski definition) is 0. The fraction of sp³-hybridized carbons (Fsp3) is 0.429. The fourth-order valence-electron chi connectivity index (χ4n) is 0.261. The van der Waals surface area contributed by atoms with Gasteiger partial charge in [-0.1, -0.05) is 6.58 Å². The monoisotopic (exact) mass is 126 g/mol. The van der Waals surface area contributed by atoms with E-state index in [0.717, 1.165) is 5.57 Å². The second-order valence-corrected chi connectivity index (χ2v) is 1.74. The van der Waals surface area contributed by atoms with Crippen molar-refractivity contribution in [3.8, 4) is 0 Å². The Morgan fingerprint density at radius 1 is 1.67 bits per heavy atom. The second kappa shape index (κ2) is 3.93. The number of rotatable bonds is 2. The predicted octanol–water partition coefficient (Wildman–Crippen LogP) is 1.28. The van der Waals surface area contributed by atoms with Crippen LogP contribution in [-0.4, -0.2) is 12.6 Å². The summed E-state index contributed by atoms with van der Waals surface area (Å²) in [5.41, 5.74) is 3.45. The summed E-state index contributed by atoms with van der Waals surface area (Å²) in [5, 5.41) is 0. The molecule has 0 bridgehead atoms. The third-order valence-corrected chi connectivity index (χ3v) is 0.794. The Hall–Kier alpha value is -1.01. The zero-order chi connectivity index (χ0) is 7.28. The van der Waals surface area contributed by atoms with Crippen LogP contribution in [0.2, 0.25) is 0 Å². The lowest BCUT2D eigenvalue weighted by molar-refractivity contribution is -0.139. The van der Waals surface area contributed by atoms with Crippen LogP contribution in [0.4, 0.5) is 0 Å². The van der Waals surface area contributed by atoms with Crippen molar-refractivity contribution in [2.24, 2.45) is 0 Å². The fourth-order valence-corrected chi connectivity index (χ4v) is 0.261. The van der Waals surface area contributed by atoms with E-state index >= 15 is 0 Å². The largest absolute Gasteiger partial charge is 0.461 e. The molecule has 0 aromatic heterocycles. The third kappa shape index (κ3) is 4.85. The first-order chi connectivity index (χ1) is 4.16. The summed E-state index contributed by atoms with van der Waals surface area (Å²) >= 11 is 0. The molecule has 9 heavy (non-hydrogen) atoms. The molecule has 0 aliphatic heterocycles. The number of hydrogen-bond acceptors (Lipinski definition) is 2. The minimum atomic E-state index is -0.274. The topological polar surface area (TPSA) is 26.3 Å². The Labute approximate surface area is 54.8 Å². The van der Waals surface area contributed by atoms with Gasteiger partial charge in [0.15, 0.2) is 0 Å². The van der Waals surface area contributed by atoms with Crippen LogP contribution < -0.4 is 0 Å². The van der Waals surface area contributed by atoms with Crippen molar-refractivity contribution in [1.29, 1.82) is 0 Å². The van der Waals surface area contributed by atoms with Gasteiger partial charge < -0.3 is 4.74 Å². The normalized spacial score (nSPS) is 7.78. The number of carbonyl (C=O) groups excluding carboxylic acids is 1. The zero-order valence-electron chi connectivity index (χ0n) is 5.73. The van der Waals surface area contributed by atoms with Crippen LogP contribution in [0.15, 0.2) is 17.9 Å². The van der Waals surface area contributed by atoms with Gasteiger partial charge in [0, 0.05) is 12.5 Å². The molecule has 0 heterocycles. The van der Waals surface area contributed by atoms with Gasteiger partial charge in [-0.2, -0.15) is 0 Å². The molecule has 0 spiro atoms. The molecule has 0 saturated heterocycles. The molecule has 0 aromatic rings. The minimum absolute atomic E-state index is 0.274. The van der Waals surface area contributed by atoms with Crippen LogP contribution >= 0.6 is 0 Å². The van der Waals surface area contributed by atoms with E-state index in [-0.39, 0.29) is 5.97 Å². The van der Waals surface area contributed by atoms with Gasteiger partial charge in [-0.05, 0) is 6.92 Å². The summed E-state index contributed by atoms with van der Waals surface area (Å²) in [6.07, 6.45) is 0. The van der Waals surface area contributed by atoms with Gasteiger partial charge in [-0.3, -0.25) is 4.79 Å². The van der Waals surface area contributed by atoms with Crippen LogP contribution in [0.1, 0.15) is 13.8 Å². The van der Waals surface area contributed by atoms with E-state index < -0.39 is 0 Å². The molecule has 0 saturated carbocycles. The highest BCUT2D eigenvalue weighted by atomic mass is 16.5. The van der Waals surface area contributed by atoms with Gasteiger partial charge in [0.05, 0.1) is 0 Å². The molecular formula is C7H10O2. The number of ether oxygens (including phenoxy) is 1. The van der Waals surface area contributed by atoms with Crippen molar-refractivity contribution < 1.29 is 9.53 Å². The van der Waals surface area contributed by atoms with Crippen molar-refractivity contribution in [3.05, 3.63) is 17.9 Å². The lowest BCUT2D eigenvalue weighted by Crippen LogP contribution is -2.00. The first-order valence-corrected chi connectivity index (χ1v) is 2.65. The van der Waals surface area contributed by atoms with Crippen LogP contribution in [0.5, 0.6) is 0 Å². The van der Waals surface area contributed by atoms with E-state index in [1.54, 1.807) is 6.92 Å². The average molecular weight is 126 g/mol. The van der Waals surface area contributed by atoms with E-state index in [1.165, 1.54) is 6.92 Å². The molecule has 50 valence electrons. The Morgan fingerprint density at radius 3 is 2.56 bits per heavy atom. The van der Waals surface area contributed by atoms with Gasteiger partial charge in [0.25, 0.3) is 0 Å². The molecule has 0 amide bonds. The highest BCUT2D eigenvalue weighted by Gasteiger charge is 1.90. The predicted molar refractivity (Wildman–Crippen MR) is 35.0 cm³/mol. The SMILES string of the molecule is C=C=C(C)COC(C)=O. The highest BCUT2D eigenvalue weighted by Crippen LogP contribution is 1.88. The Kier molecular flexibility index (Phi) is 3.49. The standard InChI is InChI=1S/C7H10O2/c1-4-6(2)5-9-7(3)8/h1,5H2,2-3H3. The van der Waals surface area contributed by atoms with E-state index in [0.29, 0.717) is 6.61 Å². The summed E-state index contributed by atoms with van der Waals surface area (Å²) < 4.78 is 4.62. The quantitative estimate of drug-likeness (QED) is 0.411. The third-order valence-electron chi connectivity index (χ3n) is 0.794. The maximum absolute atomic E-state index is 10.2. The summed E-state index contributed by atoms with van der Waals surface area (Å²) in [6.45, 7) is 6.86. The summed E-state index contributed by atoms with van der Waals surface area (Å²) in [6, 6.07) is 0. The van der Waals surface area contributed by atoms with Gasteiger partial charge >= 0.3 is 5.97 Å². The lowest BCUT2D eigenvalue weighted by atomic mass is 10.4. The van der Waals surface area contributed by atoms with Gasteiger partial charge in [-0.25, -0.2) is 0 Å². The van der Waals surface area contributed by atoms with E-state index in [4.69, 9.17) is 0 Å². The van der Waals surface area contributed by atoms with Gasteiger partial charge in [0.2, 0.25) is 0 Å². The molecule has 0 radical (unpaired) electrons. The van der Waals surface area contributed by atoms with Crippen molar-refractivity contribution >= 4 is 5.97 Å². The van der Waals surface area contributed by atoms with E-state index in [1.807, 2.05) is 0 Å². The van der Waals surface area contributed by atoms with Crippen LogP contribution in [-0.2, 0) is 9.53 Å². The molecule has 0 fully saturated rings. The minimum Gasteiger partial charge on any atom is -0.461 e. The smallest absolute Gasteiger partial charge is 0.302 e. The van der Waals surface area contributed by atoms with Gasteiger partial charge in [-0.15, -0.1) is 5.73 Å². The Balaban J connectivity index is 3.52. The molecule has 0 N–H and O–H groups in total. The first-order valence-electron chi connectivity index (χ1n) is 2.65. The molecule has 0 rings (SSSR count). The second-order valence-electron chi connectivity index (χ2n) is 1.74. The van der Waals surface area contributed by atoms with Crippen molar-refractivity contribution in [3.63, 3.8) is 0 Å². The molecule has 2 nitrogen and oxygen atoms in total. The zero-order valence-corrected chi connectivity index (χ0v) is 5.73. The number of esters is 1. The van der Waals surface area contributed by atoms with Crippen molar-refractivity contribution in [2.75, 3.05) is 6.61 Å². The molecule has 0 unspecified atom stereocenters. The first kappa shape index (κ1) is 7.99. The molecule has 0 aliphatic rings. The van der Waals surface area contributed by atoms with Crippen LogP contribution in [0.25, 0.3) is 0 Å². The number of carbonyl (C=O) groups is 1. The molecule has 2 heteroatoms. The van der Waals surface area contributed by atoms with Crippen LogP contribution in [0.3, 0.4) is 0 Å². The van der Waals surface area contributed by atoms with Crippen LogP contribution in [0, 0.1) is 0 Å².